The van der Waals surface area contributed by atoms with Crippen LogP contribution in [0.15, 0.2) is 17.3 Å². The number of pyridine rings is 1. The quantitative estimate of drug-likeness (QED) is 0.876. The van der Waals surface area contributed by atoms with Gasteiger partial charge in [-0.3, -0.25) is 0 Å². The Balaban J connectivity index is 3.09. The van der Waals surface area contributed by atoms with Crippen LogP contribution < -0.4 is 5.32 Å². The number of aromatic hydroxyl groups is 1. The second-order valence-electron chi connectivity index (χ2n) is 5.93. The first kappa shape index (κ1) is 18.2. The van der Waals surface area contributed by atoms with Crippen LogP contribution in [0.25, 0.3) is 0 Å². The zero-order chi connectivity index (χ0) is 17.1. The summed E-state index contributed by atoms with van der Waals surface area (Å²) in [5, 5.41) is 12.3. The van der Waals surface area contributed by atoms with Crippen LogP contribution in [0.2, 0.25) is 0 Å². The van der Waals surface area contributed by atoms with Crippen molar-refractivity contribution in [3.63, 3.8) is 0 Å². The lowest BCUT2D eigenvalue weighted by molar-refractivity contribution is 0.0501. The lowest BCUT2D eigenvalue weighted by Crippen LogP contribution is -2.34. The van der Waals surface area contributed by atoms with Gasteiger partial charge in [0.05, 0.1) is 6.04 Å². The molecule has 8 heteroatoms. The van der Waals surface area contributed by atoms with E-state index in [1.165, 1.54) is 12.3 Å². The van der Waals surface area contributed by atoms with Crippen LogP contribution in [0.1, 0.15) is 45.7 Å². The SMILES string of the molecule is CCC(NC(=O)OC(C)(C)C)c1ccnc(S(C)(=O)=O)c1O. The van der Waals surface area contributed by atoms with Crippen molar-refractivity contribution in [2.75, 3.05) is 6.26 Å². The maximum Gasteiger partial charge on any atom is 0.408 e. The van der Waals surface area contributed by atoms with Gasteiger partial charge < -0.3 is 15.2 Å². The summed E-state index contributed by atoms with van der Waals surface area (Å²) in [6.07, 6.45) is 2.04. The van der Waals surface area contributed by atoms with Crippen LogP contribution in [0.4, 0.5) is 4.79 Å². The normalized spacial score (nSPS) is 13.5. The van der Waals surface area contributed by atoms with E-state index in [0.29, 0.717) is 6.42 Å². The van der Waals surface area contributed by atoms with Gasteiger partial charge in [-0.05, 0) is 33.3 Å². The first-order chi connectivity index (χ1) is 9.95. The van der Waals surface area contributed by atoms with E-state index in [4.69, 9.17) is 4.74 Å². The van der Waals surface area contributed by atoms with Gasteiger partial charge in [0.25, 0.3) is 0 Å². The Bertz CT molecular complexity index is 650. The van der Waals surface area contributed by atoms with Crippen LogP contribution in [-0.4, -0.2) is 36.5 Å². The maximum atomic E-state index is 11.8. The van der Waals surface area contributed by atoms with E-state index in [1.54, 1.807) is 27.7 Å². The lowest BCUT2D eigenvalue weighted by Gasteiger charge is -2.23. The molecule has 0 spiro atoms. The monoisotopic (exact) mass is 330 g/mol. The number of amides is 1. The number of rotatable bonds is 4. The Labute approximate surface area is 130 Å². The highest BCUT2D eigenvalue weighted by Crippen LogP contribution is 2.31. The van der Waals surface area contributed by atoms with Crippen molar-refractivity contribution in [3.8, 4) is 5.75 Å². The maximum absolute atomic E-state index is 11.8. The zero-order valence-corrected chi connectivity index (χ0v) is 14.2. The molecule has 7 nitrogen and oxygen atoms in total. The van der Waals surface area contributed by atoms with E-state index in [0.717, 1.165) is 6.26 Å². The molecule has 1 aromatic rings. The van der Waals surface area contributed by atoms with E-state index in [-0.39, 0.29) is 5.56 Å². The summed E-state index contributed by atoms with van der Waals surface area (Å²) in [6.45, 7) is 7.00. The average Bonchev–Trinajstić information content (AvgIpc) is 2.33. The number of ether oxygens (including phenoxy) is 1. The van der Waals surface area contributed by atoms with E-state index in [1.807, 2.05) is 0 Å². The smallest absolute Gasteiger partial charge is 0.408 e. The van der Waals surface area contributed by atoms with Crippen molar-refractivity contribution in [2.45, 2.75) is 50.8 Å². The first-order valence-electron chi connectivity index (χ1n) is 6.83. The number of carbonyl (C=O) groups is 1. The van der Waals surface area contributed by atoms with Gasteiger partial charge in [0, 0.05) is 18.0 Å². The molecule has 0 fully saturated rings. The highest BCUT2D eigenvalue weighted by Gasteiger charge is 2.25. The molecule has 124 valence electrons. The summed E-state index contributed by atoms with van der Waals surface area (Å²) in [7, 11) is -3.66. The Morgan fingerprint density at radius 1 is 1.45 bits per heavy atom. The number of aromatic nitrogens is 1. The largest absolute Gasteiger partial charge is 0.505 e. The molecule has 1 atom stereocenters. The second-order valence-corrected chi connectivity index (χ2v) is 7.86. The molecular formula is C14H22N2O5S. The predicted octanol–water partition coefficient (Wildman–Crippen LogP) is 2.17. The molecular weight excluding hydrogens is 308 g/mol. The van der Waals surface area contributed by atoms with Crippen molar-refractivity contribution < 1.29 is 23.1 Å². The summed E-state index contributed by atoms with van der Waals surface area (Å²) in [4.78, 5) is 15.5. The third-order valence-corrected chi connectivity index (χ3v) is 3.75. The van der Waals surface area contributed by atoms with Gasteiger partial charge in [0.15, 0.2) is 20.6 Å². The van der Waals surface area contributed by atoms with Gasteiger partial charge in [-0.25, -0.2) is 18.2 Å². The zero-order valence-electron chi connectivity index (χ0n) is 13.4. The minimum Gasteiger partial charge on any atom is -0.505 e. The van der Waals surface area contributed by atoms with E-state index in [2.05, 4.69) is 10.3 Å². The second kappa shape index (κ2) is 6.51. The van der Waals surface area contributed by atoms with Crippen LogP contribution in [0.5, 0.6) is 5.75 Å². The van der Waals surface area contributed by atoms with Gasteiger partial charge in [-0.2, -0.15) is 0 Å². The highest BCUT2D eigenvalue weighted by molar-refractivity contribution is 7.90. The molecule has 0 aliphatic rings. The summed E-state index contributed by atoms with van der Waals surface area (Å²) in [6, 6.07) is 0.883. The Kier molecular flexibility index (Phi) is 5.39. The van der Waals surface area contributed by atoms with Crippen molar-refractivity contribution >= 4 is 15.9 Å². The Morgan fingerprint density at radius 2 is 2.05 bits per heavy atom. The minimum atomic E-state index is -3.66. The molecule has 1 heterocycles. The van der Waals surface area contributed by atoms with E-state index >= 15 is 0 Å². The van der Waals surface area contributed by atoms with Gasteiger partial charge in [-0.1, -0.05) is 6.92 Å². The molecule has 0 saturated heterocycles. The third kappa shape index (κ3) is 4.87. The lowest BCUT2D eigenvalue weighted by atomic mass is 10.1. The Hall–Kier alpha value is -1.83. The number of hydrogen-bond acceptors (Lipinski definition) is 6. The van der Waals surface area contributed by atoms with Gasteiger partial charge in [0.1, 0.15) is 5.60 Å². The minimum absolute atomic E-state index is 0.281. The standard InChI is InChI=1S/C14H22N2O5S/c1-6-10(16-13(18)21-14(2,3)4)9-7-8-15-12(11(9)17)22(5,19)20/h7-8,10,17H,6H2,1-5H3,(H,16,18). The molecule has 1 aromatic heterocycles. The molecule has 0 bridgehead atoms. The first-order valence-corrected chi connectivity index (χ1v) is 8.72. The summed E-state index contributed by atoms with van der Waals surface area (Å²) in [5.41, 5.74) is -0.371. The van der Waals surface area contributed by atoms with Crippen molar-refractivity contribution in [2.24, 2.45) is 0 Å². The van der Waals surface area contributed by atoms with Gasteiger partial charge in [-0.15, -0.1) is 0 Å². The summed E-state index contributed by atoms with van der Waals surface area (Å²) in [5.74, 6) is -0.451. The Morgan fingerprint density at radius 3 is 2.50 bits per heavy atom. The molecule has 0 radical (unpaired) electrons. The fraction of sp³-hybridized carbons (Fsp3) is 0.571. The van der Waals surface area contributed by atoms with Crippen molar-refractivity contribution in [3.05, 3.63) is 17.8 Å². The van der Waals surface area contributed by atoms with Crippen LogP contribution in [0, 0.1) is 0 Å². The van der Waals surface area contributed by atoms with Gasteiger partial charge >= 0.3 is 6.09 Å². The van der Waals surface area contributed by atoms with Crippen molar-refractivity contribution in [1.29, 1.82) is 0 Å². The number of nitrogens with zero attached hydrogens (tertiary/aromatic N) is 1. The van der Waals surface area contributed by atoms with Crippen LogP contribution in [0.3, 0.4) is 0 Å². The molecule has 0 aromatic carbocycles. The molecule has 0 aliphatic carbocycles. The highest BCUT2D eigenvalue weighted by atomic mass is 32.2. The van der Waals surface area contributed by atoms with E-state index in [9.17, 15) is 18.3 Å². The summed E-state index contributed by atoms with van der Waals surface area (Å²) < 4.78 is 28.3. The molecule has 1 unspecified atom stereocenters. The van der Waals surface area contributed by atoms with Crippen molar-refractivity contribution in [1.82, 2.24) is 10.3 Å². The molecule has 0 saturated carbocycles. The number of hydrogen-bond donors (Lipinski definition) is 2. The topological polar surface area (TPSA) is 106 Å². The fourth-order valence-corrected chi connectivity index (χ4v) is 2.57. The molecule has 1 rings (SSSR count). The van der Waals surface area contributed by atoms with Crippen LogP contribution >= 0.6 is 0 Å². The average molecular weight is 330 g/mol. The fourth-order valence-electron chi connectivity index (χ4n) is 1.85. The molecule has 0 aliphatic heterocycles. The molecule has 2 N–H and O–H groups in total. The predicted molar refractivity (Wildman–Crippen MR) is 81.4 cm³/mol. The molecule has 1 amide bonds. The van der Waals surface area contributed by atoms with Gasteiger partial charge in [0.2, 0.25) is 0 Å². The number of nitrogens with one attached hydrogen (secondary N) is 1. The number of sulfone groups is 1. The van der Waals surface area contributed by atoms with E-state index < -0.39 is 38.3 Å². The third-order valence-electron chi connectivity index (χ3n) is 2.75. The summed E-state index contributed by atoms with van der Waals surface area (Å²) >= 11 is 0. The van der Waals surface area contributed by atoms with Crippen LogP contribution in [-0.2, 0) is 14.6 Å². The number of alkyl carbamates (subject to hydrolysis) is 1. The molecule has 22 heavy (non-hydrogen) atoms. The number of carbonyl (C=O) groups excluding carboxylic acids is 1.